The molecule has 27 heavy (non-hydrogen) atoms. The van der Waals surface area contributed by atoms with Crippen molar-refractivity contribution in [2.45, 2.75) is 16.1 Å². The lowest BCUT2D eigenvalue weighted by molar-refractivity contribution is 0.578. The standard InChI is InChI=1S/C20H16N4OS2/c25-18-17-11-21-24(14-7-3-1-4-8-14)19(17)23-15(13-27-20(23)22-18)12-26-16-9-5-2-6-10-16/h1-11,15H,12-13H2. The summed E-state index contributed by atoms with van der Waals surface area (Å²) in [5, 5.41) is 5.85. The fourth-order valence-corrected chi connectivity index (χ4v) is 5.56. The highest BCUT2D eigenvalue weighted by Crippen LogP contribution is 2.37. The third kappa shape index (κ3) is 2.96. The van der Waals surface area contributed by atoms with Crippen LogP contribution in [0.3, 0.4) is 0 Å². The molecule has 0 N–H and O–H groups in total. The predicted molar refractivity (Wildman–Crippen MR) is 110 cm³/mol. The van der Waals surface area contributed by atoms with Gasteiger partial charge in [0.2, 0.25) is 0 Å². The molecule has 0 bridgehead atoms. The second kappa shape index (κ2) is 6.90. The van der Waals surface area contributed by atoms with Crippen molar-refractivity contribution in [2.24, 2.45) is 0 Å². The van der Waals surface area contributed by atoms with Crippen molar-refractivity contribution in [3.8, 4) is 5.69 Å². The SMILES string of the molecule is O=c1nc2n(c3c1cnn3-c1ccccc1)C(CSc1ccccc1)CS2. The first-order valence-electron chi connectivity index (χ1n) is 8.67. The van der Waals surface area contributed by atoms with Crippen molar-refractivity contribution in [1.29, 1.82) is 0 Å². The molecule has 0 fully saturated rings. The van der Waals surface area contributed by atoms with Crippen LogP contribution in [0.15, 0.2) is 81.7 Å². The Morgan fingerprint density at radius 2 is 1.81 bits per heavy atom. The lowest BCUT2D eigenvalue weighted by Gasteiger charge is -2.16. The van der Waals surface area contributed by atoms with Crippen LogP contribution in [0.2, 0.25) is 0 Å². The highest BCUT2D eigenvalue weighted by atomic mass is 32.2. The molecule has 0 radical (unpaired) electrons. The molecule has 0 saturated carbocycles. The van der Waals surface area contributed by atoms with E-state index in [-0.39, 0.29) is 11.6 Å². The maximum atomic E-state index is 12.5. The van der Waals surface area contributed by atoms with Crippen LogP contribution >= 0.6 is 23.5 Å². The van der Waals surface area contributed by atoms with Gasteiger partial charge in [-0.05, 0) is 24.3 Å². The van der Waals surface area contributed by atoms with Crippen LogP contribution in [-0.2, 0) is 0 Å². The summed E-state index contributed by atoms with van der Waals surface area (Å²) in [6.45, 7) is 0. The van der Waals surface area contributed by atoms with E-state index < -0.39 is 0 Å². The fourth-order valence-electron chi connectivity index (χ4n) is 3.28. The van der Waals surface area contributed by atoms with Gasteiger partial charge in [0.1, 0.15) is 5.39 Å². The zero-order chi connectivity index (χ0) is 18.2. The minimum atomic E-state index is -0.206. The van der Waals surface area contributed by atoms with E-state index in [1.54, 1.807) is 18.0 Å². The average Bonchev–Trinajstić information content (AvgIpc) is 3.32. The maximum Gasteiger partial charge on any atom is 0.284 e. The molecule has 1 aliphatic rings. The minimum absolute atomic E-state index is 0.206. The van der Waals surface area contributed by atoms with E-state index in [1.165, 1.54) is 4.90 Å². The topological polar surface area (TPSA) is 52.7 Å². The Labute approximate surface area is 164 Å². The van der Waals surface area contributed by atoms with E-state index in [0.29, 0.717) is 5.39 Å². The van der Waals surface area contributed by atoms with E-state index >= 15 is 0 Å². The second-order valence-electron chi connectivity index (χ2n) is 6.29. The van der Waals surface area contributed by atoms with Gasteiger partial charge in [-0.3, -0.25) is 9.36 Å². The molecule has 0 aliphatic carbocycles. The Morgan fingerprint density at radius 3 is 2.59 bits per heavy atom. The summed E-state index contributed by atoms with van der Waals surface area (Å²) in [6.07, 6.45) is 1.63. The van der Waals surface area contributed by atoms with Crippen LogP contribution < -0.4 is 5.56 Å². The first-order valence-corrected chi connectivity index (χ1v) is 10.6. The second-order valence-corrected chi connectivity index (χ2v) is 8.37. The maximum absolute atomic E-state index is 12.5. The van der Waals surface area contributed by atoms with Crippen LogP contribution in [0.5, 0.6) is 0 Å². The molecule has 1 aliphatic heterocycles. The van der Waals surface area contributed by atoms with E-state index in [2.05, 4.69) is 38.9 Å². The molecule has 2 aromatic heterocycles. The summed E-state index contributed by atoms with van der Waals surface area (Å²) < 4.78 is 4.05. The van der Waals surface area contributed by atoms with Crippen LogP contribution in [0.1, 0.15) is 6.04 Å². The van der Waals surface area contributed by atoms with Crippen molar-refractivity contribution in [1.82, 2.24) is 19.3 Å². The molecule has 5 nitrogen and oxygen atoms in total. The lowest BCUT2D eigenvalue weighted by atomic mass is 10.3. The van der Waals surface area contributed by atoms with Gasteiger partial charge in [0.25, 0.3) is 5.56 Å². The number of para-hydroxylation sites is 1. The number of hydrogen-bond acceptors (Lipinski definition) is 5. The molecule has 0 amide bonds. The van der Waals surface area contributed by atoms with Gasteiger partial charge >= 0.3 is 0 Å². The Balaban J connectivity index is 1.60. The summed E-state index contributed by atoms with van der Waals surface area (Å²) >= 11 is 3.47. The quantitative estimate of drug-likeness (QED) is 0.388. The summed E-state index contributed by atoms with van der Waals surface area (Å²) in [4.78, 5) is 18.0. The molecule has 0 saturated heterocycles. The third-order valence-electron chi connectivity index (χ3n) is 4.56. The number of rotatable bonds is 4. The highest BCUT2D eigenvalue weighted by molar-refractivity contribution is 8.00. The van der Waals surface area contributed by atoms with Crippen LogP contribution in [0.25, 0.3) is 16.7 Å². The van der Waals surface area contributed by atoms with Gasteiger partial charge in [-0.25, -0.2) is 4.68 Å². The summed E-state index contributed by atoms with van der Waals surface area (Å²) in [5.41, 5.74) is 1.57. The Hall–Kier alpha value is -2.51. The van der Waals surface area contributed by atoms with Crippen molar-refractivity contribution in [3.05, 3.63) is 77.2 Å². The number of fused-ring (bicyclic) bond motifs is 3. The molecule has 5 rings (SSSR count). The lowest BCUT2D eigenvalue weighted by Crippen LogP contribution is -2.19. The molecule has 2 aromatic carbocycles. The van der Waals surface area contributed by atoms with E-state index in [9.17, 15) is 4.79 Å². The highest BCUT2D eigenvalue weighted by Gasteiger charge is 2.28. The summed E-state index contributed by atoms with van der Waals surface area (Å²) in [5.74, 6) is 1.83. The normalized spacial score (nSPS) is 15.9. The minimum Gasteiger partial charge on any atom is -0.300 e. The van der Waals surface area contributed by atoms with E-state index in [4.69, 9.17) is 0 Å². The number of nitrogens with zero attached hydrogens (tertiary/aromatic N) is 4. The predicted octanol–water partition coefficient (Wildman–Crippen LogP) is 4.02. The molecule has 0 spiro atoms. The molecule has 4 aromatic rings. The van der Waals surface area contributed by atoms with Gasteiger partial charge in [0, 0.05) is 16.4 Å². The molecule has 7 heteroatoms. The van der Waals surface area contributed by atoms with Crippen LogP contribution in [-0.4, -0.2) is 30.8 Å². The molecule has 134 valence electrons. The van der Waals surface area contributed by atoms with Crippen LogP contribution in [0.4, 0.5) is 0 Å². The summed E-state index contributed by atoms with van der Waals surface area (Å²) in [6, 6.07) is 20.6. The first kappa shape index (κ1) is 16.6. The zero-order valence-corrected chi connectivity index (χ0v) is 16.0. The molecular weight excluding hydrogens is 376 g/mol. The first-order chi connectivity index (χ1) is 13.3. The van der Waals surface area contributed by atoms with Crippen molar-refractivity contribution in [3.63, 3.8) is 0 Å². The van der Waals surface area contributed by atoms with Crippen LogP contribution in [0, 0.1) is 0 Å². The average molecular weight is 393 g/mol. The van der Waals surface area contributed by atoms with E-state index in [1.807, 2.05) is 52.8 Å². The molecule has 1 atom stereocenters. The monoisotopic (exact) mass is 392 g/mol. The van der Waals surface area contributed by atoms with Gasteiger partial charge in [-0.2, -0.15) is 10.1 Å². The molecule has 3 heterocycles. The molecular formula is C20H16N4OS2. The molecule has 1 unspecified atom stereocenters. The Morgan fingerprint density at radius 1 is 1.07 bits per heavy atom. The smallest absolute Gasteiger partial charge is 0.284 e. The van der Waals surface area contributed by atoms with Gasteiger partial charge in [0.15, 0.2) is 10.8 Å². The number of thioether (sulfide) groups is 2. The van der Waals surface area contributed by atoms with Crippen molar-refractivity contribution < 1.29 is 0 Å². The fraction of sp³-hybridized carbons (Fsp3) is 0.150. The van der Waals surface area contributed by atoms with E-state index in [0.717, 1.165) is 28.0 Å². The zero-order valence-electron chi connectivity index (χ0n) is 14.4. The number of hydrogen-bond donors (Lipinski definition) is 0. The Kier molecular flexibility index (Phi) is 4.26. The largest absolute Gasteiger partial charge is 0.300 e. The van der Waals surface area contributed by atoms with Crippen molar-refractivity contribution >= 4 is 34.6 Å². The Bertz CT molecular complexity index is 1160. The van der Waals surface area contributed by atoms with Crippen molar-refractivity contribution in [2.75, 3.05) is 11.5 Å². The van der Waals surface area contributed by atoms with Gasteiger partial charge < -0.3 is 0 Å². The number of benzene rings is 2. The van der Waals surface area contributed by atoms with Gasteiger partial charge in [-0.1, -0.05) is 48.2 Å². The van der Waals surface area contributed by atoms with Gasteiger partial charge in [0.05, 0.1) is 17.9 Å². The van der Waals surface area contributed by atoms with Gasteiger partial charge in [-0.15, -0.1) is 11.8 Å². The number of aromatic nitrogens is 4. The third-order valence-corrected chi connectivity index (χ3v) is 6.82. The summed E-state index contributed by atoms with van der Waals surface area (Å²) in [7, 11) is 0.